The maximum Gasteiger partial charge on any atom is 0.338 e. The van der Waals surface area contributed by atoms with Crippen molar-refractivity contribution in [2.45, 2.75) is 73.6 Å². The predicted octanol–water partition coefficient (Wildman–Crippen LogP) is 0.258. The average molecular weight is 632 g/mol. The molecule has 5 saturated carbocycles. The molecule has 12 nitrogen and oxygen atoms in total. The fourth-order valence-corrected chi connectivity index (χ4v) is 12.2. The standard InChI is InChI=1S/C33H45NO11/c1-16(35)45-33-21-18(13-31(39,28(43-6)26(33)37)27(21)44-29(38)17-10-8-7-9-11-17)32-20(41-4)12-19(36)30(15-40-3)14-34(2)25(32)22(33)23(42-5)24(30)32/h7-11,18-28,36-37,39H,12-15H2,1-6H3/t18-,19-,20+,21-,22+,23+,24-,25-,26+,27-,28+,30+,31+,32+,33-/m1/s1. The molecular weight excluding hydrogens is 586 g/mol. The van der Waals surface area contributed by atoms with E-state index in [0.29, 0.717) is 18.5 Å². The van der Waals surface area contributed by atoms with E-state index in [9.17, 15) is 24.9 Å². The van der Waals surface area contributed by atoms with Gasteiger partial charge in [-0.15, -0.1) is 0 Å². The second kappa shape index (κ2) is 10.4. The molecule has 0 amide bonds. The number of hydrogen-bond acceptors (Lipinski definition) is 12. The number of piperidine rings is 1. The molecule has 248 valence electrons. The number of likely N-dealkylation sites (tertiary alicyclic amines) is 1. The Kier molecular flexibility index (Phi) is 7.28. The Labute approximate surface area is 262 Å². The second-order valence-electron chi connectivity index (χ2n) is 14.3. The summed E-state index contributed by atoms with van der Waals surface area (Å²) in [5.74, 6) is -3.66. The minimum atomic E-state index is -1.83. The highest BCUT2D eigenvalue weighted by atomic mass is 16.6. The van der Waals surface area contributed by atoms with Crippen LogP contribution in [0.5, 0.6) is 0 Å². The maximum absolute atomic E-state index is 13.7. The lowest BCUT2D eigenvalue weighted by Crippen LogP contribution is -2.81. The van der Waals surface area contributed by atoms with E-state index in [1.807, 2.05) is 7.05 Å². The molecule has 7 rings (SSSR count). The summed E-state index contributed by atoms with van der Waals surface area (Å²) in [5.41, 5.74) is -4.79. The number of esters is 2. The number of methoxy groups -OCH3 is 4. The van der Waals surface area contributed by atoms with E-state index in [4.69, 9.17) is 28.4 Å². The molecule has 1 spiro atoms. The zero-order chi connectivity index (χ0) is 32.3. The quantitative estimate of drug-likeness (QED) is 0.337. The van der Waals surface area contributed by atoms with Gasteiger partial charge < -0.3 is 48.6 Å². The number of carbonyl (C=O) groups excluding carboxylic acids is 2. The Bertz CT molecular complexity index is 1350. The van der Waals surface area contributed by atoms with E-state index < -0.39 is 88.3 Å². The summed E-state index contributed by atoms with van der Waals surface area (Å²) < 4.78 is 37.2. The van der Waals surface area contributed by atoms with Crippen LogP contribution in [0.4, 0.5) is 0 Å². The van der Waals surface area contributed by atoms with Gasteiger partial charge in [0.1, 0.15) is 23.9 Å². The van der Waals surface area contributed by atoms with E-state index in [0.717, 1.165) is 0 Å². The fraction of sp³-hybridized carbons (Fsp3) is 0.758. The van der Waals surface area contributed by atoms with Crippen molar-refractivity contribution in [2.75, 3.05) is 48.6 Å². The number of fused-ring (bicyclic) bond motifs is 2. The van der Waals surface area contributed by atoms with Crippen molar-refractivity contribution in [2.24, 2.45) is 34.5 Å². The summed E-state index contributed by atoms with van der Waals surface area (Å²) in [6, 6.07) is 8.15. The van der Waals surface area contributed by atoms with Gasteiger partial charge in [0.05, 0.1) is 30.5 Å². The van der Waals surface area contributed by atoms with Crippen molar-refractivity contribution in [1.82, 2.24) is 4.90 Å². The molecule has 45 heavy (non-hydrogen) atoms. The van der Waals surface area contributed by atoms with Crippen molar-refractivity contribution < 1.29 is 53.3 Å². The highest BCUT2D eigenvalue weighted by Crippen LogP contribution is 2.80. The van der Waals surface area contributed by atoms with Gasteiger partial charge in [0, 0.05) is 83.0 Å². The number of benzene rings is 1. The van der Waals surface area contributed by atoms with Crippen LogP contribution >= 0.6 is 0 Å². The van der Waals surface area contributed by atoms with Crippen LogP contribution in [0.3, 0.4) is 0 Å². The van der Waals surface area contributed by atoms with Crippen LogP contribution in [0.15, 0.2) is 30.3 Å². The lowest BCUT2D eigenvalue weighted by Gasteiger charge is -2.70. The molecule has 0 radical (unpaired) electrons. The third kappa shape index (κ3) is 3.55. The molecule has 1 aliphatic heterocycles. The summed E-state index contributed by atoms with van der Waals surface area (Å²) in [4.78, 5) is 29.1. The molecule has 1 heterocycles. The molecule has 12 heteroatoms. The van der Waals surface area contributed by atoms with Crippen molar-refractivity contribution >= 4 is 11.9 Å². The van der Waals surface area contributed by atoms with Gasteiger partial charge in [0.2, 0.25) is 0 Å². The smallest absolute Gasteiger partial charge is 0.338 e. The van der Waals surface area contributed by atoms with E-state index in [2.05, 4.69) is 4.90 Å². The van der Waals surface area contributed by atoms with E-state index in [-0.39, 0.29) is 25.0 Å². The fourth-order valence-electron chi connectivity index (χ4n) is 12.2. The molecule has 0 unspecified atom stereocenters. The average Bonchev–Trinajstić information content (AvgIpc) is 3.40. The van der Waals surface area contributed by atoms with Crippen molar-refractivity contribution in [3.63, 3.8) is 0 Å². The summed E-state index contributed by atoms with van der Waals surface area (Å²) in [6.07, 6.45) is -5.50. The number of aliphatic hydroxyl groups is 3. The molecule has 6 fully saturated rings. The first kappa shape index (κ1) is 31.4. The van der Waals surface area contributed by atoms with E-state index >= 15 is 0 Å². The lowest BCUT2D eigenvalue weighted by molar-refractivity contribution is -0.321. The topological polar surface area (TPSA) is 153 Å². The number of aliphatic hydroxyl groups excluding tert-OH is 2. The first-order chi connectivity index (χ1) is 21.4. The summed E-state index contributed by atoms with van der Waals surface area (Å²) >= 11 is 0. The van der Waals surface area contributed by atoms with E-state index in [1.165, 1.54) is 14.0 Å². The minimum absolute atomic E-state index is 0.0754. The van der Waals surface area contributed by atoms with E-state index in [1.54, 1.807) is 51.7 Å². The molecule has 1 saturated heterocycles. The first-order valence-electron chi connectivity index (χ1n) is 15.8. The second-order valence-corrected chi connectivity index (χ2v) is 14.3. The Morgan fingerprint density at radius 3 is 2.31 bits per heavy atom. The molecular formula is C33H45NO11. The number of carbonyl (C=O) groups is 2. The van der Waals surface area contributed by atoms with Gasteiger partial charge in [-0.2, -0.15) is 0 Å². The van der Waals surface area contributed by atoms with Crippen LogP contribution in [0.25, 0.3) is 0 Å². The van der Waals surface area contributed by atoms with Crippen LogP contribution in [-0.2, 0) is 33.2 Å². The number of rotatable bonds is 8. The molecule has 1 aromatic rings. The monoisotopic (exact) mass is 631 g/mol. The van der Waals surface area contributed by atoms with Crippen LogP contribution in [-0.4, -0.2) is 135 Å². The summed E-state index contributed by atoms with van der Waals surface area (Å²) in [6.45, 7) is 2.00. The molecule has 0 aromatic heterocycles. The lowest BCUT2D eigenvalue weighted by atomic mass is 9.42. The van der Waals surface area contributed by atoms with Gasteiger partial charge in [-0.3, -0.25) is 4.79 Å². The van der Waals surface area contributed by atoms with Gasteiger partial charge in [-0.25, -0.2) is 4.79 Å². The van der Waals surface area contributed by atoms with Crippen LogP contribution < -0.4 is 0 Å². The molecule has 5 aliphatic carbocycles. The largest absolute Gasteiger partial charge is 0.455 e. The SMILES string of the molecule is COC[C@]12CN(C)[C@@H]3[C@@H]4[C@H](OC)[C@H]1[C@@]3([C@@H](OC)C[C@H]2O)[C@@H]1C[C@]2(O)[C@H](OC(=O)c3ccccc3)[C@@H]1[C@]4(OC(C)=O)[C@@H](O)[C@@H]2OC. The Morgan fingerprint density at radius 1 is 1.00 bits per heavy atom. The third-order valence-corrected chi connectivity index (χ3v) is 12.9. The Balaban J connectivity index is 1.52. The van der Waals surface area contributed by atoms with Crippen molar-refractivity contribution in [3.05, 3.63) is 35.9 Å². The van der Waals surface area contributed by atoms with Gasteiger partial charge >= 0.3 is 11.9 Å². The molecule has 15 atom stereocenters. The van der Waals surface area contributed by atoms with Gasteiger partial charge in [0.25, 0.3) is 0 Å². The summed E-state index contributed by atoms with van der Waals surface area (Å²) in [7, 11) is 8.20. The van der Waals surface area contributed by atoms with Crippen LogP contribution in [0.1, 0.15) is 30.1 Å². The molecule has 1 aromatic carbocycles. The Morgan fingerprint density at radius 2 is 1.71 bits per heavy atom. The highest BCUT2D eigenvalue weighted by Gasteiger charge is 2.92. The van der Waals surface area contributed by atoms with Gasteiger partial charge in [-0.05, 0) is 31.5 Å². The number of hydrogen-bond donors (Lipinski definition) is 3. The Hall–Kier alpha value is -2.16. The maximum atomic E-state index is 13.7. The zero-order valence-electron chi connectivity index (χ0n) is 26.6. The van der Waals surface area contributed by atoms with Crippen molar-refractivity contribution in [1.29, 1.82) is 0 Å². The van der Waals surface area contributed by atoms with Crippen molar-refractivity contribution in [3.8, 4) is 0 Å². The molecule has 7 bridgehead atoms. The third-order valence-electron chi connectivity index (χ3n) is 12.9. The summed E-state index contributed by atoms with van der Waals surface area (Å²) in [5, 5.41) is 37.0. The number of ether oxygens (including phenoxy) is 6. The van der Waals surface area contributed by atoms with Crippen LogP contribution in [0, 0.1) is 34.5 Å². The zero-order valence-corrected chi connectivity index (χ0v) is 26.6. The minimum Gasteiger partial charge on any atom is -0.455 e. The number of nitrogens with zero attached hydrogens (tertiary/aromatic N) is 1. The normalized spacial score (nSPS) is 50.7. The highest BCUT2D eigenvalue weighted by molar-refractivity contribution is 5.89. The van der Waals surface area contributed by atoms with Gasteiger partial charge in [-0.1, -0.05) is 18.2 Å². The molecule has 3 N–H and O–H groups in total. The van der Waals surface area contributed by atoms with Crippen LogP contribution in [0.2, 0.25) is 0 Å². The first-order valence-corrected chi connectivity index (χ1v) is 15.8. The molecule has 6 aliphatic rings. The van der Waals surface area contributed by atoms with Gasteiger partial charge in [0.15, 0.2) is 5.60 Å². The predicted molar refractivity (Wildman–Crippen MR) is 156 cm³/mol.